The zero-order valence-corrected chi connectivity index (χ0v) is 20.7. The number of amides is 2. The largest absolute Gasteiger partial charge is 0.342 e. The summed E-state index contributed by atoms with van der Waals surface area (Å²) in [5, 5.41) is 8.10. The van der Waals surface area contributed by atoms with E-state index in [1.165, 1.54) is 6.07 Å². The van der Waals surface area contributed by atoms with Crippen molar-refractivity contribution in [3.8, 4) is 0 Å². The van der Waals surface area contributed by atoms with E-state index in [0.717, 1.165) is 16.5 Å². The fourth-order valence-electron chi connectivity index (χ4n) is 3.95. The minimum Gasteiger partial charge on any atom is -0.342 e. The zero-order chi connectivity index (χ0) is 25.7. The van der Waals surface area contributed by atoms with Crippen LogP contribution in [-0.4, -0.2) is 28.6 Å². The zero-order valence-electron chi connectivity index (χ0n) is 19.9. The average molecular weight is 505 g/mol. The van der Waals surface area contributed by atoms with Gasteiger partial charge in [-0.25, -0.2) is 9.82 Å². The maximum Gasteiger partial charge on any atom is 0.262 e. The summed E-state index contributed by atoms with van der Waals surface area (Å²) in [5.41, 5.74) is 5.08. The Morgan fingerprint density at radius 2 is 1.72 bits per heavy atom. The molecule has 0 fully saturated rings. The lowest BCUT2D eigenvalue weighted by Crippen LogP contribution is -2.48. The Labute approximate surface area is 213 Å². The van der Waals surface area contributed by atoms with Gasteiger partial charge >= 0.3 is 0 Å². The van der Waals surface area contributed by atoms with Crippen LogP contribution in [0, 0.1) is 11.7 Å². The lowest BCUT2D eigenvalue weighted by Gasteiger charge is -2.20. The van der Waals surface area contributed by atoms with Crippen molar-refractivity contribution in [2.24, 2.45) is 11.0 Å². The van der Waals surface area contributed by atoms with Crippen molar-refractivity contribution in [2.75, 3.05) is 0 Å². The van der Waals surface area contributed by atoms with Crippen LogP contribution in [0.4, 0.5) is 4.39 Å². The van der Waals surface area contributed by atoms with Crippen LogP contribution in [0.2, 0.25) is 5.02 Å². The highest BCUT2D eigenvalue weighted by atomic mass is 35.5. The van der Waals surface area contributed by atoms with E-state index in [-0.39, 0.29) is 11.7 Å². The maximum atomic E-state index is 14.2. The summed E-state index contributed by atoms with van der Waals surface area (Å²) in [6, 6.07) is 20.2. The molecule has 0 aliphatic carbocycles. The molecule has 0 bridgehead atoms. The molecular weight excluding hydrogens is 479 g/mol. The van der Waals surface area contributed by atoms with Crippen LogP contribution in [0.5, 0.6) is 0 Å². The number of benzene rings is 3. The van der Waals surface area contributed by atoms with Crippen LogP contribution in [-0.2, 0) is 11.3 Å². The molecule has 0 aliphatic heterocycles. The highest BCUT2D eigenvalue weighted by Crippen LogP contribution is 2.22. The molecule has 2 amide bonds. The van der Waals surface area contributed by atoms with E-state index in [1.807, 2.05) is 48.9 Å². The smallest absolute Gasteiger partial charge is 0.262 e. The molecule has 0 radical (unpaired) electrons. The van der Waals surface area contributed by atoms with Crippen LogP contribution in [0.25, 0.3) is 10.9 Å². The maximum absolute atomic E-state index is 14.2. The van der Waals surface area contributed by atoms with Crippen molar-refractivity contribution in [3.05, 3.63) is 107 Å². The van der Waals surface area contributed by atoms with Gasteiger partial charge in [-0.05, 0) is 30.2 Å². The summed E-state index contributed by atoms with van der Waals surface area (Å²) in [7, 11) is 0. The first kappa shape index (κ1) is 25.1. The van der Waals surface area contributed by atoms with E-state index in [0.29, 0.717) is 22.7 Å². The second-order valence-corrected chi connectivity index (χ2v) is 9.14. The number of hydrogen-bond acceptors (Lipinski definition) is 3. The Morgan fingerprint density at radius 1 is 1.03 bits per heavy atom. The third kappa shape index (κ3) is 5.63. The number of halogens is 2. The first-order valence-corrected chi connectivity index (χ1v) is 11.9. The van der Waals surface area contributed by atoms with Crippen molar-refractivity contribution >= 4 is 40.5 Å². The normalized spacial score (nSPS) is 12.2. The summed E-state index contributed by atoms with van der Waals surface area (Å²) >= 11 is 6.11. The van der Waals surface area contributed by atoms with Crippen LogP contribution >= 0.6 is 11.6 Å². The molecule has 0 aliphatic rings. The minimum atomic E-state index is -0.812. The molecule has 1 heterocycles. The lowest BCUT2D eigenvalue weighted by atomic mass is 10.0. The lowest BCUT2D eigenvalue weighted by molar-refractivity contribution is -0.123. The monoisotopic (exact) mass is 504 g/mol. The van der Waals surface area contributed by atoms with Gasteiger partial charge < -0.3 is 9.88 Å². The Morgan fingerprint density at radius 3 is 2.47 bits per heavy atom. The molecule has 4 aromatic rings. The van der Waals surface area contributed by atoms with Gasteiger partial charge in [0.15, 0.2) is 0 Å². The third-order valence-electron chi connectivity index (χ3n) is 5.85. The molecule has 1 atom stereocenters. The van der Waals surface area contributed by atoms with Crippen molar-refractivity contribution in [1.29, 1.82) is 0 Å². The number of aromatic nitrogens is 1. The topological polar surface area (TPSA) is 75.5 Å². The molecule has 3 aromatic carbocycles. The summed E-state index contributed by atoms with van der Waals surface area (Å²) in [5.74, 6) is -1.34. The van der Waals surface area contributed by atoms with Gasteiger partial charge in [0.2, 0.25) is 0 Å². The third-order valence-corrected chi connectivity index (χ3v) is 6.18. The molecule has 8 heteroatoms. The van der Waals surface area contributed by atoms with E-state index >= 15 is 0 Å². The summed E-state index contributed by atoms with van der Waals surface area (Å²) in [4.78, 5) is 25.5. The molecule has 4 rings (SSSR count). The molecule has 6 nitrogen and oxygen atoms in total. The van der Waals surface area contributed by atoms with Crippen molar-refractivity contribution in [1.82, 2.24) is 15.3 Å². The molecule has 0 saturated heterocycles. The number of nitrogens with zero attached hydrogens (tertiary/aromatic N) is 2. The number of hydrogen-bond donors (Lipinski definition) is 2. The highest BCUT2D eigenvalue weighted by molar-refractivity contribution is 6.33. The second-order valence-electron chi connectivity index (χ2n) is 8.73. The van der Waals surface area contributed by atoms with Gasteiger partial charge in [0, 0.05) is 28.2 Å². The summed E-state index contributed by atoms with van der Waals surface area (Å²) in [6.07, 6.45) is 3.41. The first-order valence-electron chi connectivity index (χ1n) is 11.5. The second kappa shape index (κ2) is 11.2. The molecule has 2 N–H and O–H groups in total. The van der Waals surface area contributed by atoms with Gasteiger partial charge in [0.25, 0.3) is 11.8 Å². The highest BCUT2D eigenvalue weighted by Gasteiger charge is 2.25. The fourth-order valence-corrected chi connectivity index (χ4v) is 4.17. The molecule has 0 saturated carbocycles. The minimum absolute atomic E-state index is 0.186. The van der Waals surface area contributed by atoms with Crippen LogP contribution in [0.1, 0.15) is 35.3 Å². The quantitative estimate of drug-likeness (QED) is 0.249. The van der Waals surface area contributed by atoms with Gasteiger partial charge in [-0.3, -0.25) is 9.59 Å². The van der Waals surface area contributed by atoms with Gasteiger partial charge in [-0.2, -0.15) is 5.10 Å². The number of rotatable bonds is 8. The van der Waals surface area contributed by atoms with E-state index in [1.54, 1.807) is 48.7 Å². The van der Waals surface area contributed by atoms with E-state index < -0.39 is 17.9 Å². The van der Waals surface area contributed by atoms with Crippen LogP contribution in [0.3, 0.4) is 0 Å². The summed E-state index contributed by atoms with van der Waals surface area (Å²) in [6.45, 7) is 4.02. The number of para-hydroxylation sites is 1. The Bertz CT molecular complexity index is 1430. The van der Waals surface area contributed by atoms with Gasteiger partial charge in [0.1, 0.15) is 11.9 Å². The summed E-state index contributed by atoms with van der Waals surface area (Å²) < 4.78 is 16.2. The number of carbonyl (C=O) groups excluding carboxylic acids is 2. The predicted molar refractivity (Wildman–Crippen MR) is 141 cm³/mol. The van der Waals surface area contributed by atoms with Crippen molar-refractivity contribution in [2.45, 2.75) is 26.4 Å². The van der Waals surface area contributed by atoms with Crippen molar-refractivity contribution < 1.29 is 14.0 Å². The number of hydrazone groups is 1. The molecular formula is C28H26ClFN4O2. The average Bonchev–Trinajstić information content (AvgIpc) is 3.21. The Kier molecular flexibility index (Phi) is 7.80. The number of fused-ring (bicyclic) bond motifs is 1. The van der Waals surface area contributed by atoms with E-state index in [9.17, 15) is 14.0 Å². The molecule has 1 aromatic heterocycles. The standard InChI is InChI=1S/C28H26ClFN4O2/c1-18(2)26(32-27(35)22-11-4-6-12-23(22)29)28(36)33-31-15-20-17-34(25-14-8-5-10-21(20)25)16-19-9-3-7-13-24(19)30/h3-15,17-18,26H,16H2,1-2H3,(H,32,35)(H,33,36)/b31-15-. The molecule has 0 spiro atoms. The number of nitrogens with one attached hydrogen (secondary N) is 2. The van der Waals surface area contributed by atoms with Gasteiger partial charge in [0.05, 0.1) is 23.3 Å². The van der Waals surface area contributed by atoms with Gasteiger partial charge in [-0.1, -0.05) is 74.0 Å². The molecule has 36 heavy (non-hydrogen) atoms. The predicted octanol–water partition coefficient (Wildman–Crippen LogP) is 5.39. The fraction of sp³-hybridized carbons (Fsp3) is 0.179. The van der Waals surface area contributed by atoms with Crippen LogP contribution in [0.15, 0.2) is 84.1 Å². The van der Waals surface area contributed by atoms with Crippen molar-refractivity contribution in [3.63, 3.8) is 0 Å². The van der Waals surface area contributed by atoms with E-state index in [2.05, 4.69) is 15.8 Å². The van der Waals surface area contributed by atoms with Crippen LogP contribution < -0.4 is 10.7 Å². The number of carbonyl (C=O) groups is 2. The van der Waals surface area contributed by atoms with E-state index in [4.69, 9.17) is 11.6 Å². The molecule has 1 unspecified atom stereocenters. The Hall–Kier alpha value is -3.97. The first-order chi connectivity index (χ1) is 17.3. The SMILES string of the molecule is CC(C)C(NC(=O)c1ccccc1Cl)C(=O)N/N=C\c1cn(Cc2ccccc2F)c2ccccc12. The Balaban J connectivity index is 1.50. The molecule has 184 valence electrons. The van der Waals surface area contributed by atoms with Gasteiger partial charge in [-0.15, -0.1) is 0 Å².